The van der Waals surface area contributed by atoms with Crippen molar-refractivity contribution in [2.45, 2.75) is 50.4 Å². The maximum absolute atomic E-state index is 13.1. The van der Waals surface area contributed by atoms with Crippen LogP contribution in [0.3, 0.4) is 0 Å². The van der Waals surface area contributed by atoms with Gasteiger partial charge in [0.05, 0.1) is 12.2 Å². The molecule has 1 aromatic rings. The number of piperidine rings is 1. The first kappa shape index (κ1) is 22.5. The third-order valence-corrected chi connectivity index (χ3v) is 7.16. The van der Waals surface area contributed by atoms with Crippen LogP contribution in [-0.2, 0) is 9.53 Å². The number of carbonyl (C=O) groups is 1. The van der Waals surface area contributed by atoms with Crippen molar-refractivity contribution in [1.29, 1.82) is 0 Å². The molecule has 3 aliphatic rings. The number of ether oxygens (including phenoxy) is 1. The third-order valence-electron chi connectivity index (χ3n) is 7.16. The summed E-state index contributed by atoms with van der Waals surface area (Å²) in [6, 6.07) is 10.3. The number of likely N-dealkylation sites (tertiary alicyclic amines) is 1. The first-order chi connectivity index (χ1) is 15.1. The number of carbonyl (C=O) groups excluding carboxylic acids is 1. The molecule has 0 saturated carbocycles. The fraction of sp³-hybridized carbons (Fsp3) is 0.708. The Morgan fingerprint density at radius 3 is 2.35 bits per heavy atom. The van der Waals surface area contributed by atoms with Gasteiger partial charge in [-0.25, -0.2) is 0 Å². The predicted octanol–water partition coefficient (Wildman–Crippen LogP) is 1.34. The van der Waals surface area contributed by atoms with E-state index in [2.05, 4.69) is 21.9 Å². The van der Waals surface area contributed by atoms with E-state index in [0.29, 0.717) is 32.0 Å². The Hall–Kier alpha value is -1.67. The molecule has 3 atom stereocenters. The van der Waals surface area contributed by atoms with Crippen LogP contribution < -0.4 is 4.90 Å². The lowest BCUT2D eigenvalue weighted by atomic mass is 9.96. The number of aliphatic hydroxyl groups is 2. The largest absolute Gasteiger partial charge is 0.396 e. The monoisotopic (exact) mass is 431 g/mol. The van der Waals surface area contributed by atoms with Gasteiger partial charge in [-0.3, -0.25) is 4.79 Å². The number of piperazine rings is 1. The van der Waals surface area contributed by atoms with Gasteiger partial charge in [0.1, 0.15) is 0 Å². The predicted molar refractivity (Wildman–Crippen MR) is 120 cm³/mol. The van der Waals surface area contributed by atoms with Gasteiger partial charge >= 0.3 is 0 Å². The molecule has 3 heterocycles. The molecule has 0 aromatic heterocycles. The van der Waals surface area contributed by atoms with Gasteiger partial charge in [0, 0.05) is 45.0 Å². The highest BCUT2D eigenvalue weighted by atomic mass is 16.5. The molecule has 0 aliphatic carbocycles. The van der Waals surface area contributed by atoms with Crippen LogP contribution in [0.4, 0.5) is 5.69 Å². The van der Waals surface area contributed by atoms with Crippen molar-refractivity contribution < 1.29 is 19.7 Å². The third kappa shape index (κ3) is 5.77. The molecule has 172 valence electrons. The molecule has 3 fully saturated rings. The van der Waals surface area contributed by atoms with Gasteiger partial charge in [0.2, 0.25) is 0 Å². The van der Waals surface area contributed by atoms with Crippen molar-refractivity contribution in [3.8, 4) is 0 Å². The molecule has 0 radical (unpaired) electrons. The average Bonchev–Trinajstić information content (AvgIpc) is 2.84. The first-order valence-electron chi connectivity index (χ1n) is 11.9. The number of aliphatic hydroxyl groups excluding tert-OH is 2. The Morgan fingerprint density at radius 2 is 1.68 bits per heavy atom. The summed E-state index contributed by atoms with van der Waals surface area (Å²) in [4.78, 5) is 19.7. The van der Waals surface area contributed by atoms with Crippen LogP contribution in [0.15, 0.2) is 30.3 Å². The van der Waals surface area contributed by atoms with Crippen molar-refractivity contribution >= 4 is 11.6 Å². The summed E-state index contributed by atoms with van der Waals surface area (Å²) in [6.45, 7) is 6.20. The van der Waals surface area contributed by atoms with Crippen molar-refractivity contribution in [3.63, 3.8) is 0 Å². The van der Waals surface area contributed by atoms with Crippen molar-refractivity contribution in [2.24, 2.45) is 5.92 Å². The lowest BCUT2D eigenvalue weighted by molar-refractivity contribution is -0.168. The molecule has 3 saturated heterocycles. The van der Waals surface area contributed by atoms with Crippen LogP contribution in [0, 0.1) is 5.92 Å². The van der Waals surface area contributed by atoms with Gasteiger partial charge in [0.15, 0.2) is 6.10 Å². The number of para-hydroxylation sites is 1. The Morgan fingerprint density at radius 1 is 0.968 bits per heavy atom. The minimum atomic E-state index is -0.734. The van der Waals surface area contributed by atoms with E-state index < -0.39 is 12.2 Å². The fourth-order valence-electron chi connectivity index (χ4n) is 5.03. The zero-order chi connectivity index (χ0) is 21.6. The van der Waals surface area contributed by atoms with Crippen LogP contribution in [0.1, 0.15) is 32.1 Å². The van der Waals surface area contributed by atoms with E-state index in [9.17, 15) is 15.0 Å². The maximum atomic E-state index is 13.1. The molecule has 3 aliphatic heterocycles. The zero-order valence-corrected chi connectivity index (χ0v) is 18.4. The molecule has 1 amide bonds. The number of anilines is 1. The summed E-state index contributed by atoms with van der Waals surface area (Å²) in [5.41, 5.74) is 1.19. The van der Waals surface area contributed by atoms with E-state index >= 15 is 0 Å². The molecule has 3 unspecified atom stereocenters. The number of rotatable bonds is 6. The molecule has 4 rings (SSSR count). The summed E-state index contributed by atoms with van der Waals surface area (Å²) in [6.07, 6.45) is 3.00. The Balaban J connectivity index is 1.24. The number of benzene rings is 1. The van der Waals surface area contributed by atoms with Crippen molar-refractivity contribution in [2.75, 3.05) is 57.3 Å². The van der Waals surface area contributed by atoms with E-state index in [-0.39, 0.29) is 12.0 Å². The molecule has 0 bridgehead atoms. The summed E-state index contributed by atoms with van der Waals surface area (Å²) >= 11 is 0. The van der Waals surface area contributed by atoms with Crippen LogP contribution in [0.5, 0.6) is 0 Å². The van der Waals surface area contributed by atoms with Crippen LogP contribution in [0.25, 0.3) is 0 Å². The number of hydrogen-bond donors (Lipinski definition) is 2. The van der Waals surface area contributed by atoms with Gasteiger partial charge < -0.3 is 29.6 Å². The second kappa shape index (κ2) is 10.8. The second-order valence-corrected chi connectivity index (χ2v) is 9.23. The van der Waals surface area contributed by atoms with Gasteiger partial charge in [0.25, 0.3) is 5.91 Å². The molecular formula is C24H37N3O4. The first-order valence-corrected chi connectivity index (χ1v) is 11.9. The minimum absolute atomic E-state index is 0.0264. The lowest BCUT2D eigenvalue weighted by Gasteiger charge is -2.40. The van der Waals surface area contributed by atoms with E-state index in [4.69, 9.17) is 4.74 Å². The van der Waals surface area contributed by atoms with E-state index in [1.54, 1.807) is 0 Å². The van der Waals surface area contributed by atoms with E-state index in [1.807, 2.05) is 23.1 Å². The zero-order valence-electron chi connectivity index (χ0n) is 18.4. The van der Waals surface area contributed by atoms with Gasteiger partial charge in [-0.15, -0.1) is 0 Å². The highest BCUT2D eigenvalue weighted by Crippen LogP contribution is 2.25. The highest BCUT2D eigenvalue weighted by Gasteiger charge is 2.38. The van der Waals surface area contributed by atoms with E-state index in [0.717, 1.165) is 58.4 Å². The smallest absolute Gasteiger partial charge is 0.254 e. The molecule has 2 N–H and O–H groups in total. The number of hydrogen-bond acceptors (Lipinski definition) is 6. The number of amides is 1. The molecule has 31 heavy (non-hydrogen) atoms. The second-order valence-electron chi connectivity index (χ2n) is 9.23. The molecule has 0 spiro atoms. The van der Waals surface area contributed by atoms with Gasteiger partial charge in [-0.05, 0) is 63.2 Å². The highest BCUT2D eigenvalue weighted by molar-refractivity contribution is 5.82. The summed E-state index contributed by atoms with van der Waals surface area (Å²) in [5, 5.41) is 19.8. The fourth-order valence-corrected chi connectivity index (χ4v) is 5.03. The maximum Gasteiger partial charge on any atom is 0.254 e. The van der Waals surface area contributed by atoms with Gasteiger partial charge in [-0.1, -0.05) is 18.2 Å². The normalized spacial score (nSPS) is 28.6. The summed E-state index contributed by atoms with van der Waals surface area (Å²) < 4.78 is 6.14. The van der Waals surface area contributed by atoms with Crippen molar-refractivity contribution in [3.05, 3.63) is 30.3 Å². The van der Waals surface area contributed by atoms with Crippen molar-refractivity contribution in [1.82, 2.24) is 9.80 Å². The Bertz CT molecular complexity index is 687. The van der Waals surface area contributed by atoms with Crippen LogP contribution in [0.2, 0.25) is 0 Å². The summed E-state index contributed by atoms with van der Waals surface area (Å²) in [7, 11) is 0. The number of nitrogens with zero attached hydrogens (tertiary/aromatic N) is 3. The van der Waals surface area contributed by atoms with Crippen LogP contribution in [-0.4, -0.2) is 96.7 Å². The molecule has 1 aromatic carbocycles. The molecule has 7 nitrogen and oxygen atoms in total. The lowest BCUT2D eigenvalue weighted by Crippen LogP contribution is -2.56. The average molecular weight is 432 g/mol. The van der Waals surface area contributed by atoms with E-state index in [1.165, 1.54) is 5.69 Å². The van der Waals surface area contributed by atoms with Gasteiger partial charge in [-0.2, -0.15) is 0 Å². The quantitative estimate of drug-likeness (QED) is 0.708. The topological polar surface area (TPSA) is 76.5 Å². The summed E-state index contributed by atoms with van der Waals surface area (Å²) in [5.74, 6) is 0.385. The minimum Gasteiger partial charge on any atom is -0.396 e. The Labute approximate surface area is 185 Å². The molecule has 7 heteroatoms. The van der Waals surface area contributed by atoms with Crippen LogP contribution >= 0.6 is 0 Å². The molecular weight excluding hydrogens is 394 g/mol. The standard InChI is InChI=1S/C24H37N3O4/c28-18-19-8-11-25(12-9-19)13-10-21-6-7-22(29)23(31-21)24(30)27-16-14-26(15-17-27)20-4-2-1-3-5-20/h1-5,19,21-23,28-29H,6-18H2. The SMILES string of the molecule is O=C(C1OC(CCN2CCC(CO)CC2)CCC1O)N1CCN(c2ccccc2)CC1. The Kier molecular flexibility index (Phi) is 7.82.